The van der Waals surface area contributed by atoms with Gasteiger partial charge in [-0.25, -0.2) is 9.50 Å². The standard InChI is InChI=1S/C16H12N4O/c1-10-5-16-18-9-12-6-13(11-3-2-4-17-8-11)15(21)7-14(12)20(16)19-10/h2-6,8-9H,7H2,1H3. The van der Waals surface area contributed by atoms with E-state index < -0.39 is 0 Å². The van der Waals surface area contributed by atoms with Crippen LogP contribution in [0, 0.1) is 6.92 Å². The van der Waals surface area contributed by atoms with Crippen LogP contribution in [0.25, 0.3) is 17.3 Å². The van der Waals surface area contributed by atoms with Crippen molar-refractivity contribution >= 4 is 23.1 Å². The molecule has 0 saturated heterocycles. The number of aromatic nitrogens is 4. The van der Waals surface area contributed by atoms with Crippen LogP contribution >= 0.6 is 0 Å². The summed E-state index contributed by atoms with van der Waals surface area (Å²) >= 11 is 0. The first-order chi connectivity index (χ1) is 10.2. The summed E-state index contributed by atoms with van der Waals surface area (Å²) in [4.78, 5) is 20.9. The van der Waals surface area contributed by atoms with E-state index in [-0.39, 0.29) is 5.78 Å². The highest BCUT2D eigenvalue weighted by molar-refractivity contribution is 6.27. The molecule has 0 bridgehead atoms. The van der Waals surface area contributed by atoms with Crippen molar-refractivity contribution in [2.45, 2.75) is 13.3 Å². The third-order valence-corrected chi connectivity index (χ3v) is 3.64. The second-order valence-electron chi connectivity index (χ2n) is 5.12. The van der Waals surface area contributed by atoms with Crippen molar-refractivity contribution in [2.75, 3.05) is 0 Å². The SMILES string of the molecule is Cc1cc2ncc3c(n2n1)CC(=O)C(c1cccnc1)=C3. The van der Waals surface area contributed by atoms with Crippen LogP contribution in [-0.4, -0.2) is 25.4 Å². The summed E-state index contributed by atoms with van der Waals surface area (Å²) in [6, 6.07) is 5.63. The number of pyridine rings is 1. The van der Waals surface area contributed by atoms with Gasteiger partial charge in [0.25, 0.3) is 0 Å². The number of fused-ring (bicyclic) bond motifs is 3. The first-order valence-corrected chi connectivity index (χ1v) is 6.72. The Balaban J connectivity index is 1.93. The molecule has 21 heavy (non-hydrogen) atoms. The zero-order valence-electron chi connectivity index (χ0n) is 11.4. The number of allylic oxidation sites excluding steroid dienone is 1. The molecule has 102 valence electrons. The summed E-state index contributed by atoms with van der Waals surface area (Å²) in [7, 11) is 0. The van der Waals surface area contributed by atoms with Crippen molar-refractivity contribution < 1.29 is 4.79 Å². The topological polar surface area (TPSA) is 60.2 Å². The summed E-state index contributed by atoms with van der Waals surface area (Å²) in [5.74, 6) is 0.0798. The van der Waals surface area contributed by atoms with Crippen LogP contribution in [0.1, 0.15) is 22.5 Å². The van der Waals surface area contributed by atoms with E-state index in [1.807, 2.05) is 31.2 Å². The van der Waals surface area contributed by atoms with Crippen LogP contribution < -0.4 is 0 Å². The van der Waals surface area contributed by atoms with Gasteiger partial charge in [-0.3, -0.25) is 9.78 Å². The molecule has 5 nitrogen and oxygen atoms in total. The van der Waals surface area contributed by atoms with Gasteiger partial charge in [-0.15, -0.1) is 0 Å². The summed E-state index contributed by atoms with van der Waals surface area (Å²) < 4.78 is 1.76. The summed E-state index contributed by atoms with van der Waals surface area (Å²) in [6.07, 6.45) is 7.41. The largest absolute Gasteiger partial charge is 0.294 e. The molecule has 4 rings (SSSR count). The maximum absolute atomic E-state index is 12.5. The first kappa shape index (κ1) is 12.0. The molecule has 3 aromatic rings. The first-order valence-electron chi connectivity index (χ1n) is 6.72. The molecule has 0 unspecified atom stereocenters. The van der Waals surface area contributed by atoms with Crippen molar-refractivity contribution in [3.05, 3.63) is 59.3 Å². The van der Waals surface area contributed by atoms with E-state index in [9.17, 15) is 4.79 Å². The smallest absolute Gasteiger partial charge is 0.169 e. The fourth-order valence-corrected chi connectivity index (χ4v) is 2.66. The van der Waals surface area contributed by atoms with Crippen LogP contribution in [0.3, 0.4) is 0 Å². The molecule has 0 aliphatic heterocycles. The second kappa shape index (κ2) is 4.34. The number of rotatable bonds is 1. The minimum atomic E-state index is 0.0798. The molecule has 1 aliphatic carbocycles. The number of hydrogen-bond acceptors (Lipinski definition) is 4. The average molecular weight is 276 g/mol. The Hall–Kier alpha value is -2.82. The molecule has 1 aliphatic rings. The number of ketones is 1. The van der Waals surface area contributed by atoms with Gasteiger partial charge >= 0.3 is 0 Å². The molecule has 0 N–H and O–H groups in total. The van der Waals surface area contributed by atoms with E-state index in [1.54, 1.807) is 23.1 Å². The lowest BCUT2D eigenvalue weighted by atomic mass is 9.92. The third kappa shape index (κ3) is 1.86. The highest BCUT2D eigenvalue weighted by Gasteiger charge is 2.23. The van der Waals surface area contributed by atoms with Gasteiger partial charge in [0.15, 0.2) is 11.4 Å². The number of aryl methyl sites for hydroxylation is 1. The van der Waals surface area contributed by atoms with E-state index in [0.717, 1.165) is 28.2 Å². The lowest BCUT2D eigenvalue weighted by Gasteiger charge is -2.16. The average Bonchev–Trinajstić information content (AvgIpc) is 2.88. The van der Waals surface area contributed by atoms with Crippen molar-refractivity contribution in [2.24, 2.45) is 0 Å². The van der Waals surface area contributed by atoms with E-state index >= 15 is 0 Å². The van der Waals surface area contributed by atoms with Crippen LogP contribution in [-0.2, 0) is 11.2 Å². The lowest BCUT2D eigenvalue weighted by Crippen LogP contribution is -2.16. The lowest BCUT2D eigenvalue weighted by molar-refractivity contribution is -0.113. The van der Waals surface area contributed by atoms with Crippen molar-refractivity contribution in [1.82, 2.24) is 19.6 Å². The van der Waals surface area contributed by atoms with Crippen LogP contribution in [0.4, 0.5) is 0 Å². The molecule has 0 fully saturated rings. The number of carbonyl (C=O) groups excluding carboxylic acids is 1. The Labute approximate surface area is 121 Å². The van der Waals surface area contributed by atoms with Gasteiger partial charge in [-0.1, -0.05) is 6.07 Å². The molecule has 0 spiro atoms. The van der Waals surface area contributed by atoms with Crippen molar-refractivity contribution in [3.63, 3.8) is 0 Å². The minimum Gasteiger partial charge on any atom is -0.294 e. The fourth-order valence-electron chi connectivity index (χ4n) is 2.66. The van der Waals surface area contributed by atoms with Gasteiger partial charge in [0.1, 0.15) is 0 Å². The maximum Gasteiger partial charge on any atom is 0.169 e. The summed E-state index contributed by atoms with van der Waals surface area (Å²) in [6.45, 7) is 1.92. The van der Waals surface area contributed by atoms with Crippen molar-refractivity contribution in [3.8, 4) is 0 Å². The Kier molecular flexibility index (Phi) is 2.47. The Morgan fingerprint density at radius 3 is 3.00 bits per heavy atom. The Morgan fingerprint density at radius 2 is 2.19 bits per heavy atom. The molecule has 0 atom stereocenters. The zero-order valence-corrected chi connectivity index (χ0v) is 11.4. The van der Waals surface area contributed by atoms with Crippen LogP contribution in [0.15, 0.2) is 36.8 Å². The quantitative estimate of drug-likeness (QED) is 0.683. The monoisotopic (exact) mass is 276 g/mol. The van der Waals surface area contributed by atoms with Gasteiger partial charge in [-0.05, 0) is 19.1 Å². The van der Waals surface area contributed by atoms with Gasteiger partial charge < -0.3 is 0 Å². The molecule has 5 heteroatoms. The second-order valence-corrected chi connectivity index (χ2v) is 5.12. The number of Topliss-reactive ketones (excluding diaryl/α,β-unsaturated/α-hetero) is 1. The molecule has 0 amide bonds. The molecule has 0 saturated carbocycles. The van der Waals surface area contributed by atoms with Gasteiger partial charge in [0.05, 0.1) is 17.8 Å². The molecular formula is C16H12N4O. The number of carbonyl (C=O) groups is 1. The van der Waals surface area contributed by atoms with Gasteiger partial charge in [0.2, 0.25) is 0 Å². The van der Waals surface area contributed by atoms with E-state index in [4.69, 9.17) is 0 Å². The normalized spacial score (nSPS) is 14.1. The van der Waals surface area contributed by atoms with E-state index in [2.05, 4.69) is 15.1 Å². The van der Waals surface area contributed by atoms with E-state index in [0.29, 0.717) is 12.0 Å². The molecule has 3 heterocycles. The Bertz CT molecular complexity index is 893. The number of nitrogens with zero attached hydrogens (tertiary/aromatic N) is 4. The zero-order chi connectivity index (χ0) is 14.4. The molecular weight excluding hydrogens is 264 g/mol. The molecule has 3 aromatic heterocycles. The fraction of sp³-hybridized carbons (Fsp3) is 0.125. The van der Waals surface area contributed by atoms with Crippen LogP contribution in [0.2, 0.25) is 0 Å². The van der Waals surface area contributed by atoms with Gasteiger partial charge in [0, 0.05) is 41.4 Å². The third-order valence-electron chi connectivity index (χ3n) is 3.64. The predicted molar refractivity (Wildman–Crippen MR) is 78.5 cm³/mol. The van der Waals surface area contributed by atoms with Gasteiger partial charge in [-0.2, -0.15) is 5.10 Å². The van der Waals surface area contributed by atoms with Crippen molar-refractivity contribution in [1.29, 1.82) is 0 Å². The summed E-state index contributed by atoms with van der Waals surface area (Å²) in [5, 5.41) is 4.42. The van der Waals surface area contributed by atoms with Crippen LogP contribution in [0.5, 0.6) is 0 Å². The minimum absolute atomic E-state index is 0.0798. The number of hydrogen-bond donors (Lipinski definition) is 0. The predicted octanol–water partition coefficient (Wildman–Crippen LogP) is 2.10. The van der Waals surface area contributed by atoms with E-state index in [1.165, 1.54) is 0 Å². The highest BCUT2D eigenvalue weighted by Crippen LogP contribution is 2.27. The highest BCUT2D eigenvalue weighted by atomic mass is 16.1. The summed E-state index contributed by atoms with van der Waals surface area (Å²) in [5.41, 5.74) is 5.02. The molecule has 0 radical (unpaired) electrons. The Morgan fingerprint density at radius 1 is 1.29 bits per heavy atom. The maximum atomic E-state index is 12.5. The molecule has 0 aromatic carbocycles.